The maximum Gasteiger partial charge on any atom is 0.622 e. The number of rotatable bonds is 9. The van der Waals surface area contributed by atoms with Gasteiger partial charge in [-0.05, 0) is 37.7 Å². The van der Waals surface area contributed by atoms with Crippen LogP contribution in [0.2, 0.25) is 0 Å². The minimum absolute atomic E-state index is 0.00140. The Bertz CT molecular complexity index is 838. The van der Waals surface area contributed by atoms with Crippen LogP contribution in [0.25, 0.3) is 0 Å². The monoisotopic (exact) mass is 438 g/mol. The van der Waals surface area contributed by atoms with Crippen LogP contribution < -0.4 is 9.46 Å². The lowest BCUT2D eigenvalue weighted by Crippen LogP contribution is -2.53. The molecule has 1 fully saturated rings. The summed E-state index contributed by atoms with van der Waals surface area (Å²) in [7, 11) is -2.34. The van der Waals surface area contributed by atoms with E-state index in [1.165, 1.54) is 36.3 Å². The molecule has 164 valence electrons. The molecule has 0 aromatic heterocycles. The normalized spacial score (nSPS) is 17.2. The summed E-state index contributed by atoms with van der Waals surface area (Å²) < 4.78 is 43.7. The van der Waals surface area contributed by atoms with Crippen molar-refractivity contribution >= 4 is 29.1 Å². The summed E-state index contributed by atoms with van der Waals surface area (Å²) in [6, 6.07) is 5.83. The third kappa shape index (κ3) is 7.15. The van der Waals surface area contributed by atoms with Crippen LogP contribution in [0, 0.1) is 0 Å². The van der Waals surface area contributed by atoms with Crippen LogP contribution >= 0.6 is 0 Å². The first-order valence-corrected chi connectivity index (χ1v) is 11.1. The number of hydrogen-bond acceptors (Lipinski definition) is 8. The van der Waals surface area contributed by atoms with Crippen molar-refractivity contribution in [2.45, 2.75) is 37.0 Å². The van der Waals surface area contributed by atoms with Crippen molar-refractivity contribution in [3.8, 4) is 5.75 Å². The Morgan fingerprint density at radius 3 is 2.33 bits per heavy atom. The molecular formula is C19H27BN2O7S. The Balaban J connectivity index is 2.27. The molecule has 1 heterocycles. The lowest BCUT2D eigenvalue weighted by Gasteiger charge is -2.26. The molecule has 0 amide bonds. The average molecular weight is 438 g/mol. The van der Waals surface area contributed by atoms with Crippen molar-refractivity contribution < 1.29 is 32.1 Å². The van der Waals surface area contributed by atoms with Gasteiger partial charge in [0.25, 0.3) is 0 Å². The third-order valence-corrected chi connectivity index (χ3v) is 5.79. The number of nitrogens with one attached hydrogen (secondary N) is 1. The zero-order valence-corrected chi connectivity index (χ0v) is 18.2. The summed E-state index contributed by atoms with van der Waals surface area (Å²) in [6.45, 7) is 1.82. The van der Waals surface area contributed by atoms with Gasteiger partial charge >= 0.3 is 19.1 Å². The number of methoxy groups -OCH3 is 1. The third-order valence-electron chi connectivity index (χ3n) is 4.32. The van der Waals surface area contributed by atoms with Crippen molar-refractivity contribution in [1.82, 2.24) is 9.62 Å². The molecular weight excluding hydrogens is 411 g/mol. The zero-order valence-electron chi connectivity index (χ0n) is 17.4. The van der Waals surface area contributed by atoms with Crippen molar-refractivity contribution in [3.05, 3.63) is 36.4 Å². The molecule has 1 aromatic carbocycles. The highest BCUT2D eigenvalue weighted by Gasteiger charge is 2.40. The molecule has 0 spiro atoms. The fraction of sp³-hybridized carbons (Fsp3) is 0.474. The highest BCUT2D eigenvalue weighted by molar-refractivity contribution is 7.89. The molecule has 1 atom stereocenters. The molecule has 0 radical (unpaired) electrons. The van der Waals surface area contributed by atoms with E-state index in [9.17, 15) is 18.0 Å². The number of ether oxygens (including phenoxy) is 1. The summed E-state index contributed by atoms with van der Waals surface area (Å²) in [6.07, 6.45) is 5.90. The Hall–Kier alpha value is -2.37. The van der Waals surface area contributed by atoms with Crippen molar-refractivity contribution in [3.63, 3.8) is 0 Å². The van der Waals surface area contributed by atoms with Crippen molar-refractivity contribution in [2.24, 2.45) is 0 Å². The lowest BCUT2D eigenvalue weighted by molar-refractivity contribution is -0.145. The Morgan fingerprint density at radius 2 is 1.80 bits per heavy atom. The number of benzene rings is 1. The molecule has 9 nitrogen and oxygen atoms in total. The van der Waals surface area contributed by atoms with Crippen LogP contribution in [0.1, 0.15) is 26.2 Å². The van der Waals surface area contributed by atoms with Gasteiger partial charge in [-0.1, -0.05) is 31.9 Å². The first-order chi connectivity index (χ1) is 14.2. The Morgan fingerprint density at radius 1 is 1.20 bits per heavy atom. The first-order valence-electron chi connectivity index (χ1n) is 9.65. The topological polar surface area (TPSA) is 111 Å². The molecule has 1 saturated heterocycles. The molecule has 1 N–H and O–H groups in total. The summed E-state index contributed by atoms with van der Waals surface area (Å²) in [5, 5.41) is 0. The number of nitrogens with zero attached hydrogens (tertiary/aromatic N) is 1. The molecule has 30 heavy (non-hydrogen) atoms. The second-order valence-corrected chi connectivity index (χ2v) is 8.63. The molecule has 1 unspecified atom stereocenters. The summed E-state index contributed by atoms with van der Waals surface area (Å²) >= 11 is 0. The molecule has 0 bridgehead atoms. The van der Waals surface area contributed by atoms with Gasteiger partial charge in [0.2, 0.25) is 10.0 Å². The quantitative estimate of drug-likeness (QED) is 0.347. The van der Waals surface area contributed by atoms with E-state index in [0.29, 0.717) is 12.2 Å². The number of unbranched alkanes of at least 4 members (excludes halogenated alkanes) is 2. The van der Waals surface area contributed by atoms with Gasteiger partial charge < -0.3 is 14.0 Å². The lowest BCUT2D eigenvalue weighted by atomic mass is 9.78. The Labute approximate surface area is 177 Å². The second kappa shape index (κ2) is 11.1. The van der Waals surface area contributed by atoms with Crippen LogP contribution in [-0.4, -0.2) is 65.6 Å². The second-order valence-electron chi connectivity index (χ2n) is 6.91. The van der Waals surface area contributed by atoms with E-state index in [4.69, 9.17) is 14.0 Å². The minimum atomic E-state index is -3.99. The van der Waals surface area contributed by atoms with Gasteiger partial charge in [0.15, 0.2) is 0 Å². The van der Waals surface area contributed by atoms with Crippen LogP contribution in [-0.2, 0) is 28.9 Å². The minimum Gasteiger partial charge on any atom is -0.497 e. The van der Waals surface area contributed by atoms with E-state index in [1.807, 2.05) is 6.92 Å². The van der Waals surface area contributed by atoms with E-state index in [1.54, 1.807) is 19.2 Å². The van der Waals surface area contributed by atoms with E-state index < -0.39 is 35.0 Å². The zero-order chi connectivity index (χ0) is 22.1. The largest absolute Gasteiger partial charge is 0.622 e. The van der Waals surface area contributed by atoms with Gasteiger partial charge in [-0.2, -0.15) is 0 Å². The van der Waals surface area contributed by atoms with Crippen molar-refractivity contribution in [1.29, 1.82) is 0 Å². The number of hydrogen-bond donors (Lipinski definition) is 1. The van der Waals surface area contributed by atoms with Crippen LogP contribution in [0.15, 0.2) is 41.3 Å². The smallest absolute Gasteiger partial charge is 0.497 e. The first kappa shape index (κ1) is 23.9. The maximum atomic E-state index is 12.9. The van der Waals surface area contributed by atoms with Crippen LogP contribution in [0.5, 0.6) is 5.75 Å². The standard InChI is InChI=1S/C19H27BN2O7S/c1-4-5-6-7-8-17(20-28-18(23)13-22(2)14-19(24)29-20)21-30(25,26)16-11-9-15(27-3)10-12-16/h7-12,17,21H,4-6,13-14H2,1-3H3. The number of carbonyl (C=O) groups is 2. The fourth-order valence-corrected chi connectivity index (χ4v) is 3.93. The predicted octanol–water partition coefficient (Wildman–Crippen LogP) is 1.15. The van der Waals surface area contributed by atoms with Crippen LogP contribution in [0.3, 0.4) is 0 Å². The van der Waals surface area contributed by atoms with Gasteiger partial charge in [0, 0.05) is 0 Å². The Kier molecular flexibility index (Phi) is 8.88. The molecule has 2 rings (SSSR count). The van der Waals surface area contributed by atoms with Crippen molar-refractivity contribution in [2.75, 3.05) is 27.2 Å². The van der Waals surface area contributed by atoms with Crippen LogP contribution in [0.4, 0.5) is 0 Å². The summed E-state index contributed by atoms with van der Waals surface area (Å²) in [5.41, 5.74) is 0. The molecule has 1 aliphatic rings. The summed E-state index contributed by atoms with van der Waals surface area (Å²) in [5.74, 6) is -1.81. The summed E-state index contributed by atoms with van der Waals surface area (Å²) in [4.78, 5) is 25.6. The van der Waals surface area contributed by atoms with E-state index >= 15 is 0 Å². The average Bonchev–Trinajstić information content (AvgIpc) is 2.68. The maximum absolute atomic E-state index is 12.9. The number of sulfonamides is 1. The number of carbonyl (C=O) groups excluding carboxylic acids is 2. The van der Waals surface area contributed by atoms with Gasteiger partial charge in [0.05, 0.1) is 25.1 Å². The molecule has 1 aromatic rings. The SMILES string of the molecule is CCCCC=CC(NS(=O)(=O)c1ccc(OC)cc1)B1OC(=O)CN(C)CC(=O)O1. The molecule has 0 aliphatic carbocycles. The molecule has 0 saturated carbocycles. The van der Waals surface area contributed by atoms with E-state index in [0.717, 1.165) is 12.8 Å². The number of likely N-dealkylation sites (N-methyl/N-ethyl adjacent to an activating group) is 1. The van der Waals surface area contributed by atoms with E-state index in [2.05, 4.69) is 4.72 Å². The highest BCUT2D eigenvalue weighted by Crippen LogP contribution is 2.17. The molecule has 11 heteroatoms. The van der Waals surface area contributed by atoms with Gasteiger partial charge in [0.1, 0.15) is 11.7 Å². The van der Waals surface area contributed by atoms with Gasteiger partial charge in [-0.25, -0.2) is 13.1 Å². The van der Waals surface area contributed by atoms with E-state index in [-0.39, 0.29) is 18.0 Å². The highest BCUT2D eigenvalue weighted by atomic mass is 32.2. The number of allylic oxidation sites excluding steroid dienone is 1. The fourth-order valence-electron chi connectivity index (χ4n) is 2.75. The predicted molar refractivity (Wildman–Crippen MR) is 111 cm³/mol. The van der Waals surface area contributed by atoms with Gasteiger partial charge in [-0.15, -0.1) is 0 Å². The van der Waals surface area contributed by atoms with Gasteiger partial charge in [-0.3, -0.25) is 14.5 Å². The molecule has 1 aliphatic heterocycles.